The number of carbonyl (C=O) groups is 3. The Hall–Kier alpha value is -2.27. The molecule has 0 saturated carbocycles. The van der Waals surface area contributed by atoms with E-state index in [9.17, 15) is 24.6 Å². The summed E-state index contributed by atoms with van der Waals surface area (Å²) in [5, 5.41) is 22.4. The quantitative estimate of drug-likeness (QED) is 0.234. The first kappa shape index (κ1) is 45.1. The lowest BCUT2D eigenvalue weighted by molar-refractivity contribution is -0.310. The van der Waals surface area contributed by atoms with Gasteiger partial charge >= 0.3 is 11.9 Å². The van der Waals surface area contributed by atoms with Gasteiger partial charge in [-0.25, -0.2) is 0 Å². The smallest absolute Gasteiger partial charge is 0.309 e. The van der Waals surface area contributed by atoms with Crippen molar-refractivity contribution < 1.29 is 57.8 Å². The van der Waals surface area contributed by atoms with E-state index in [1.54, 1.807) is 39.8 Å². The summed E-state index contributed by atoms with van der Waals surface area (Å²) in [7, 11) is 8.97. The van der Waals surface area contributed by atoms with Gasteiger partial charge in [-0.3, -0.25) is 9.59 Å². The molecule has 0 aromatic carbocycles. The minimum absolute atomic E-state index is 0.000703. The molecule has 3 heterocycles. The summed E-state index contributed by atoms with van der Waals surface area (Å²) in [5.74, 6) is -1.98. The molecule has 0 aromatic rings. The van der Waals surface area contributed by atoms with Crippen LogP contribution in [0, 0.1) is 11.8 Å². The topological polar surface area (TPSA) is 163 Å². The molecule has 15 atom stereocenters. The SMILES string of the molecule is CCC(=O)O[C@@H]1CC(=O)O[C@H](C)C/C=C/C=C/[C@H](O[C@H]2CC[C@H](N(C)C)[C@@H](C)O2)[C@H](C)C[C@H](CC=O)[C@H](O[C@@H]2O[C@H](C)[C@@H](O)[C@H](N(C)C)[C@H]2O)[C@H]1OC. The van der Waals surface area contributed by atoms with Gasteiger partial charge in [0.15, 0.2) is 12.6 Å². The van der Waals surface area contributed by atoms with E-state index in [0.29, 0.717) is 19.3 Å². The van der Waals surface area contributed by atoms with E-state index in [1.807, 2.05) is 52.2 Å². The molecule has 0 aromatic heterocycles. The average Bonchev–Trinajstić information content (AvgIpc) is 3.08. The van der Waals surface area contributed by atoms with Gasteiger partial charge in [-0.1, -0.05) is 38.2 Å². The summed E-state index contributed by atoms with van der Waals surface area (Å²) in [5.41, 5.74) is 0. The van der Waals surface area contributed by atoms with Crippen molar-refractivity contribution in [2.24, 2.45) is 11.8 Å². The molecule has 3 aliphatic heterocycles. The predicted octanol–water partition coefficient (Wildman–Crippen LogP) is 3.01. The maximum absolute atomic E-state index is 13.3. The summed E-state index contributed by atoms with van der Waals surface area (Å²) in [6.45, 7) is 9.17. The van der Waals surface area contributed by atoms with Crippen LogP contribution < -0.4 is 0 Å². The van der Waals surface area contributed by atoms with Crippen molar-refractivity contribution in [3.63, 3.8) is 0 Å². The molecule has 3 aliphatic rings. The van der Waals surface area contributed by atoms with Crippen LogP contribution in [0.15, 0.2) is 24.3 Å². The van der Waals surface area contributed by atoms with Gasteiger partial charge < -0.3 is 58.0 Å². The summed E-state index contributed by atoms with van der Waals surface area (Å²) < 4.78 is 43.3. The fourth-order valence-corrected chi connectivity index (χ4v) is 7.69. The van der Waals surface area contributed by atoms with E-state index >= 15 is 0 Å². The molecule has 14 nitrogen and oxygen atoms in total. The Bertz CT molecular complexity index is 1200. The number of ether oxygens (including phenoxy) is 7. The first-order valence-corrected chi connectivity index (χ1v) is 19.1. The van der Waals surface area contributed by atoms with Crippen molar-refractivity contribution in [2.75, 3.05) is 35.3 Å². The molecule has 0 amide bonds. The van der Waals surface area contributed by atoms with Crippen molar-refractivity contribution >= 4 is 18.2 Å². The van der Waals surface area contributed by atoms with Gasteiger partial charge in [0.1, 0.15) is 30.7 Å². The van der Waals surface area contributed by atoms with Crippen LogP contribution in [0.1, 0.15) is 79.6 Å². The summed E-state index contributed by atoms with van der Waals surface area (Å²) in [6.07, 6.45) is 1.47. The minimum Gasteiger partial charge on any atom is -0.462 e. The highest BCUT2D eigenvalue weighted by atomic mass is 16.7. The lowest BCUT2D eigenvalue weighted by atomic mass is 9.82. The minimum atomic E-state index is -1.31. The summed E-state index contributed by atoms with van der Waals surface area (Å²) >= 11 is 0. The monoisotopic (exact) mass is 754 g/mol. The maximum atomic E-state index is 13.3. The average molecular weight is 755 g/mol. The third-order valence-corrected chi connectivity index (χ3v) is 10.6. The third kappa shape index (κ3) is 12.9. The molecule has 14 heteroatoms. The number of rotatable bonds is 11. The fourth-order valence-electron chi connectivity index (χ4n) is 7.69. The Morgan fingerprint density at radius 1 is 0.962 bits per heavy atom. The van der Waals surface area contributed by atoms with Crippen molar-refractivity contribution in [2.45, 2.75) is 159 Å². The van der Waals surface area contributed by atoms with E-state index in [0.717, 1.165) is 12.7 Å². The van der Waals surface area contributed by atoms with Crippen LogP contribution in [0.2, 0.25) is 0 Å². The van der Waals surface area contributed by atoms with Gasteiger partial charge in [-0.15, -0.1) is 0 Å². The van der Waals surface area contributed by atoms with Crippen LogP contribution in [-0.2, 0) is 47.5 Å². The number of cyclic esters (lactones) is 1. The largest absolute Gasteiger partial charge is 0.462 e. The molecule has 2 saturated heterocycles. The van der Waals surface area contributed by atoms with E-state index in [4.69, 9.17) is 33.2 Å². The number of aldehydes is 1. The number of aliphatic hydroxyl groups is 2. The van der Waals surface area contributed by atoms with Crippen LogP contribution in [-0.4, -0.2) is 153 Å². The van der Waals surface area contributed by atoms with Crippen molar-refractivity contribution in [3.8, 4) is 0 Å². The fraction of sp³-hybridized carbons (Fsp3) is 0.821. The number of hydrogen-bond donors (Lipinski definition) is 2. The van der Waals surface area contributed by atoms with Gasteiger partial charge in [0.25, 0.3) is 0 Å². The molecule has 0 bridgehead atoms. The molecule has 2 N–H and O–H groups in total. The zero-order valence-corrected chi connectivity index (χ0v) is 33.4. The number of methoxy groups -OCH3 is 1. The van der Waals surface area contributed by atoms with Gasteiger partial charge in [-0.05, 0) is 80.1 Å². The van der Waals surface area contributed by atoms with Crippen molar-refractivity contribution in [1.82, 2.24) is 9.80 Å². The van der Waals surface area contributed by atoms with Crippen molar-refractivity contribution in [3.05, 3.63) is 24.3 Å². The molecule has 3 rings (SSSR count). The van der Waals surface area contributed by atoms with Crippen LogP contribution in [0.3, 0.4) is 0 Å². The number of hydrogen-bond acceptors (Lipinski definition) is 14. The molecule has 2 fully saturated rings. The molecule has 0 radical (unpaired) electrons. The van der Waals surface area contributed by atoms with Gasteiger partial charge in [0.05, 0.1) is 43.0 Å². The summed E-state index contributed by atoms with van der Waals surface area (Å²) in [6, 6.07) is -0.478. The normalized spacial score (nSPS) is 40.7. The van der Waals surface area contributed by atoms with Crippen LogP contribution in [0.25, 0.3) is 0 Å². The number of allylic oxidation sites excluding steroid dienone is 2. The van der Waals surface area contributed by atoms with Crippen LogP contribution >= 0.6 is 0 Å². The number of esters is 2. The zero-order valence-electron chi connectivity index (χ0n) is 33.4. The molecular weight excluding hydrogens is 688 g/mol. The lowest BCUT2D eigenvalue weighted by Gasteiger charge is -2.47. The first-order valence-electron chi connectivity index (χ1n) is 19.1. The van der Waals surface area contributed by atoms with E-state index in [-0.39, 0.29) is 37.3 Å². The second-order valence-corrected chi connectivity index (χ2v) is 15.2. The zero-order chi connectivity index (χ0) is 39.4. The number of nitrogens with zero attached hydrogens (tertiary/aromatic N) is 2. The second-order valence-electron chi connectivity index (χ2n) is 15.2. The standard InChI is InChI=1S/C39H66N2O12/c1-11-31(43)51-30-22-32(44)48-24(3)15-13-12-14-16-29(52-33-18-17-28(40(6)7)25(4)49-33)23(2)21-27(19-20-42)37(38(30)47-10)53-39-36(46)34(41(8)9)35(45)26(5)50-39/h12-14,16,20,23-30,33-39,45-46H,11,15,17-19,21-22H2,1-10H3/b13-12+,16-14+/t23-,24-,25-,26-,27+,28+,29+,30-,33+,34+,35-,36-,37+,38+,39+/m1/s1. The third-order valence-electron chi connectivity index (χ3n) is 10.6. The lowest BCUT2D eigenvalue weighted by Crippen LogP contribution is -2.63. The van der Waals surface area contributed by atoms with Gasteiger partial charge in [-0.2, -0.15) is 0 Å². The highest BCUT2D eigenvalue weighted by Gasteiger charge is 2.49. The van der Waals surface area contributed by atoms with E-state index in [2.05, 4.69) is 4.90 Å². The number of likely N-dealkylation sites (N-methyl/N-ethyl adjacent to an activating group) is 2. The van der Waals surface area contributed by atoms with E-state index in [1.165, 1.54) is 7.11 Å². The maximum Gasteiger partial charge on any atom is 0.309 e. The molecule has 0 unspecified atom stereocenters. The Balaban J connectivity index is 2.09. The number of carbonyl (C=O) groups excluding carboxylic acids is 3. The molecular formula is C39H66N2O12. The highest BCUT2D eigenvalue weighted by molar-refractivity contribution is 5.72. The number of aliphatic hydroxyl groups excluding tert-OH is 2. The Labute approximate surface area is 316 Å². The highest BCUT2D eigenvalue weighted by Crippen LogP contribution is 2.35. The predicted molar refractivity (Wildman–Crippen MR) is 197 cm³/mol. The molecule has 0 spiro atoms. The Morgan fingerprint density at radius 3 is 2.28 bits per heavy atom. The Kier molecular flexibility index (Phi) is 18.5. The van der Waals surface area contributed by atoms with Crippen LogP contribution in [0.4, 0.5) is 0 Å². The molecule has 304 valence electrons. The summed E-state index contributed by atoms with van der Waals surface area (Å²) in [4.78, 5) is 42.4. The molecule has 53 heavy (non-hydrogen) atoms. The van der Waals surface area contributed by atoms with Crippen LogP contribution in [0.5, 0.6) is 0 Å². The second kappa shape index (κ2) is 21.7. The Morgan fingerprint density at radius 2 is 1.68 bits per heavy atom. The van der Waals surface area contributed by atoms with Gasteiger partial charge in [0, 0.05) is 32.4 Å². The van der Waals surface area contributed by atoms with E-state index < -0.39 is 85.3 Å². The van der Waals surface area contributed by atoms with Gasteiger partial charge in [0.2, 0.25) is 0 Å². The molecule has 0 aliphatic carbocycles. The van der Waals surface area contributed by atoms with Crippen molar-refractivity contribution in [1.29, 1.82) is 0 Å². The first-order chi connectivity index (χ1) is 25.1.